The van der Waals surface area contributed by atoms with Crippen molar-refractivity contribution in [2.24, 2.45) is 0 Å². The molecule has 0 aromatic heterocycles. The third kappa shape index (κ3) is 4.33. The summed E-state index contributed by atoms with van der Waals surface area (Å²) in [6.07, 6.45) is -4.76. The lowest BCUT2D eigenvalue weighted by Crippen LogP contribution is -2.24. The minimum absolute atomic E-state index is 0.0863. The van der Waals surface area contributed by atoms with Gasteiger partial charge in [0.1, 0.15) is 0 Å². The van der Waals surface area contributed by atoms with Crippen LogP contribution in [0.4, 0.5) is 13.2 Å². The first-order valence-corrected chi connectivity index (χ1v) is 6.21. The molecular weight excluding hydrogens is 239 g/mol. The van der Waals surface area contributed by atoms with Crippen molar-refractivity contribution in [2.45, 2.75) is 45.8 Å². The second-order valence-corrected chi connectivity index (χ2v) is 4.57. The quantitative estimate of drug-likeness (QED) is 0.831. The van der Waals surface area contributed by atoms with E-state index in [4.69, 9.17) is 0 Å². The molecule has 0 fully saturated rings. The van der Waals surface area contributed by atoms with Crippen LogP contribution in [0.5, 0.6) is 0 Å². The highest BCUT2D eigenvalue weighted by Gasteiger charge is 2.29. The fourth-order valence-corrected chi connectivity index (χ4v) is 2.28. The van der Waals surface area contributed by atoms with Crippen molar-refractivity contribution in [3.63, 3.8) is 0 Å². The fraction of sp³-hybridized carbons (Fsp3) is 0.571. The van der Waals surface area contributed by atoms with E-state index in [1.54, 1.807) is 0 Å². The van der Waals surface area contributed by atoms with E-state index >= 15 is 0 Å². The van der Waals surface area contributed by atoms with Gasteiger partial charge >= 0.3 is 6.18 Å². The smallest absolute Gasteiger partial charge is 0.310 e. The Balaban J connectivity index is 2.90. The van der Waals surface area contributed by atoms with Gasteiger partial charge in [-0.2, -0.15) is 13.2 Å². The summed E-state index contributed by atoms with van der Waals surface area (Å²) in [5.41, 5.74) is 3.09. The molecule has 1 aromatic carbocycles. The summed E-state index contributed by atoms with van der Waals surface area (Å²) >= 11 is 0. The molecule has 0 spiro atoms. The molecule has 1 N–H and O–H groups in total. The van der Waals surface area contributed by atoms with Crippen molar-refractivity contribution < 1.29 is 13.2 Å². The molecule has 0 saturated heterocycles. The first-order valence-electron chi connectivity index (χ1n) is 6.21. The molecule has 1 rings (SSSR count). The number of hydrogen-bond acceptors (Lipinski definition) is 1. The van der Waals surface area contributed by atoms with Crippen LogP contribution in [0.1, 0.15) is 42.5 Å². The Bertz CT molecular complexity index is 365. The van der Waals surface area contributed by atoms with Crippen molar-refractivity contribution >= 4 is 0 Å². The van der Waals surface area contributed by atoms with Crippen molar-refractivity contribution in [3.05, 3.63) is 34.9 Å². The van der Waals surface area contributed by atoms with Gasteiger partial charge in [0.05, 0.1) is 0 Å². The Morgan fingerprint density at radius 3 is 2.17 bits per heavy atom. The zero-order valence-electron chi connectivity index (χ0n) is 11.1. The Labute approximate surface area is 106 Å². The molecule has 0 amide bonds. The highest BCUT2D eigenvalue weighted by molar-refractivity contribution is 5.36. The molecule has 1 aromatic rings. The zero-order valence-corrected chi connectivity index (χ0v) is 11.1. The summed E-state index contributed by atoms with van der Waals surface area (Å²) < 4.78 is 37.0. The van der Waals surface area contributed by atoms with E-state index in [-0.39, 0.29) is 12.5 Å². The Morgan fingerprint density at radius 1 is 1.17 bits per heavy atom. The summed E-state index contributed by atoms with van der Waals surface area (Å²) in [6, 6.07) is 5.60. The van der Waals surface area contributed by atoms with E-state index in [0.717, 1.165) is 16.7 Å². The van der Waals surface area contributed by atoms with Gasteiger partial charge in [-0.05, 0) is 43.5 Å². The van der Waals surface area contributed by atoms with E-state index in [1.165, 1.54) is 0 Å². The number of halogens is 3. The number of alkyl halides is 3. The minimum atomic E-state index is -4.09. The molecule has 1 unspecified atom stereocenters. The van der Waals surface area contributed by atoms with E-state index < -0.39 is 12.6 Å². The van der Waals surface area contributed by atoms with Crippen molar-refractivity contribution in [1.82, 2.24) is 5.32 Å². The van der Waals surface area contributed by atoms with Crippen LogP contribution in [0.3, 0.4) is 0 Å². The summed E-state index contributed by atoms with van der Waals surface area (Å²) in [6.45, 7) is 6.46. The second kappa shape index (κ2) is 6.23. The molecule has 0 aliphatic heterocycles. The lowest BCUT2D eigenvalue weighted by molar-refractivity contribution is -0.136. The summed E-state index contributed by atoms with van der Waals surface area (Å²) in [5, 5.41) is 3.15. The molecule has 102 valence electrons. The highest BCUT2D eigenvalue weighted by Crippen LogP contribution is 2.30. The highest BCUT2D eigenvalue weighted by atomic mass is 19.4. The van der Waals surface area contributed by atoms with E-state index in [0.29, 0.717) is 6.54 Å². The number of hydrogen-bond donors (Lipinski definition) is 1. The SMILES string of the molecule is CCNC(CCC(F)(F)F)c1c(C)cccc1C. The summed E-state index contributed by atoms with van der Waals surface area (Å²) in [5.74, 6) is 0. The average molecular weight is 259 g/mol. The fourth-order valence-electron chi connectivity index (χ4n) is 2.28. The molecule has 0 heterocycles. The monoisotopic (exact) mass is 259 g/mol. The second-order valence-electron chi connectivity index (χ2n) is 4.57. The lowest BCUT2D eigenvalue weighted by atomic mass is 9.93. The molecule has 0 radical (unpaired) electrons. The van der Waals surface area contributed by atoms with Crippen LogP contribution in [0.2, 0.25) is 0 Å². The molecule has 1 nitrogen and oxygen atoms in total. The van der Waals surface area contributed by atoms with Crippen LogP contribution >= 0.6 is 0 Å². The van der Waals surface area contributed by atoms with Gasteiger partial charge in [-0.15, -0.1) is 0 Å². The summed E-state index contributed by atoms with van der Waals surface area (Å²) in [4.78, 5) is 0. The molecule has 0 aliphatic rings. The Morgan fingerprint density at radius 2 is 1.72 bits per heavy atom. The standard InChI is InChI=1S/C14H20F3N/c1-4-18-12(8-9-14(15,16)17)13-10(2)6-5-7-11(13)3/h5-7,12,18H,4,8-9H2,1-3H3. The third-order valence-electron chi connectivity index (χ3n) is 3.06. The van der Waals surface area contributed by atoms with Crippen LogP contribution in [0, 0.1) is 13.8 Å². The first-order chi connectivity index (χ1) is 8.35. The lowest BCUT2D eigenvalue weighted by Gasteiger charge is -2.23. The maximum Gasteiger partial charge on any atom is 0.389 e. The maximum absolute atomic E-state index is 12.3. The average Bonchev–Trinajstić information content (AvgIpc) is 2.24. The van der Waals surface area contributed by atoms with E-state index in [1.807, 2.05) is 39.0 Å². The van der Waals surface area contributed by atoms with Gasteiger partial charge in [-0.1, -0.05) is 25.1 Å². The Hall–Kier alpha value is -1.03. The molecule has 4 heteroatoms. The largest absolute Gasteiger partial charge is 0.389 e. The van der Waals surface area contributed by atoms with Gasteiger partial charge in [0.2, 0.25) is 0 Å². The van der Waals surface area contributed by atoms with Crippen LogP contribution < -0.4 is 5.32 Å². The molecule has 18 heavy (non-hydrogen) atoms. The van der Waals surface area contributed by atoms with Crippen LogP contribution in [0.15, 0.2) is 18.2 Å². The van der Waals surface area contributed by atoms with Gasteiger partial charge in [-0.3, -0.25) is 0 Å². The molecule has 0 aliphatic carbocycles. The van der Waals surface area contributed by atoms with Gasteiger partial charge in [0.25, 0.3) is 0 Å². The van der Waals surface area contributed by atoms with Gasteiger partial charge < -0.3 is 5.32 Å². The predicted octanol–water partition coefficient (Wildman–Crippen LogP) is 4.30. The molecule has 0 saturated carbocycles. The molecule has 1 atom stereocenters. The third-order valence-corrected chi connectivity index (χ3v) is 3.06. The molecular formula is C14H20F3N. The minimum Gasteiger partial charge on any atom is -0.310 e. The van der Waals surface area contributed by atoms with Crippen LogP contribution in [-0.2, 0) is 0 Å². The number of rotatable bonds is 5. The van der Waals surface area contributed by atoms with Gasteiger partial charge in [0, 0.05) is 12.5 Å². The van der Waals surface area contributed by atoms with Crippen LogP contribution in [0.25, 0.3) is 0 Å². The number of nitrogens with one attached hydrogen (secondary N) is 1. The summed E-state index contributed by atoms with van der Waals surface area (Å²) in [7, 11) is 0. The van der Waals surface area contributed by atoms with Crippen molar-refractivity contribution in [2.75, 3.05) is 6.54 Å². The van der Waals surface area contributed by atoms with Crippen molar-refractivity contribution in [3.8, 4) is 0 Å². The normalized spacial score (nSPS) is 13.7. The maximum atomic E-state index is 12.3. The van der Waals surface area contributed by atoms with E-state index in [9.17, 15) is 13.2 Å². The van der Waals surface area contributed by atoms with Crippen molar-refractivity contribution in [1.29, 1.82) is 0 Å². The van der Waals surface area contributed by atoms with E-state index in [2.05, 4.69) is 5.32 Å². The number of aryl methyl sites for hydroxylation is 2. The molecule has 0 bridgehead atoms. The Kier molecular flexibility index (Phi) is 5.20. The number of benzene rings is 1. The first kappa shape index (κ1) is 15.0. The predicted molar refractivity (Wildman–Crippen MR) is 67.6 cm³/mol. The van der Waals surface area contributed by atoms with Gasteiger partial charge in [-0.25, -0.2) is 0 Å². The zero-order chi connectivity index (χ0) is 13.8. The van der Waals surface area contributed by atoms with Crippen LogP contribution in [-0.4, -0.2) is 12.7 Å². The topological polar surface area (TPSA) is 12.0 Å². The van der Waals surface area contributed by atoms with Gasteiger partial charge in [0.15, 0.2) is 0 Å².